The third-order valence-corrected chi connectivity index (χ3v) is 5.23. The lowest BCUT2D eigenvalue weighted by molar-refractivity contribution is 0.289. The van der Waals surface area contributed by atoms with Crippen LogP contribution >= 0.6 is 11.8 Å². The molecule has 0 aliphatic heterocycles. The highest BCUT2D eigenvalue weighted by Gasteiger charge is 2.13. The van der Waals surface area contributed by atoms with Crippen LogP contribution in [0, 0.1) is 6.92 Å². The lowest BCUT2D eigenvalue weighted by Gasteiger charge is -2.09. The zero-order valence-corrected chi connectivity index (χ0v) is 16.5. The Labute approximate surface area is 167 Å². The van der Waals surface area contributed by atoms with Gasteiger partial charge in [0.1, 0.15) is 18.0 Å². The maximum atomic E-state index is 5.89. The van der Waals surface area contributed by atoms with E-state index in [1.807, 2.05) is 76.8 Å². The second kappa shape index (κ2) is 8.31. The van der Waals surface area contributed by atoms with E-state index in [-0.39, 0.29) is 0 Å². The first kappa shape index (κ1) is 18.3. The fourth-order valence-corrected chi connectivity index (χ4v) is 3.74. The summed E-state index contributed by atoms with van der Waals surface area (Å²) in [6, 6.07) is 14.0. The topological polar surface area (TPSA) is 57.2 Å². The van der Waals surface area contributed by atoms with E-state index < -0.39 is 0 Å². The van der Waals surface area contributed by atoms with Gasteiger partial charge in [-0.1, -0.05) is 36.0 Å². The number of ether oxygens (including phenoxy) is 1. The maximum Gasteiger partial charge on any atom is 0.191 e. The first-order valence-electron chi connectivity index (χ1n) is 9.01. The SMILES string of the molecule is C=CCn1c(COc2cccc(C)c2)nnc1SCc1cn2ccccc2n1. The second-order valence-corrected chi connectivity index (χ2v) is 7.33. The number of pyridine rings is 1. The van der Waals surface area contributed by atoms with Gasteiger partial charge in [-0.15, -0.1) is 16.8 Å². The molecule has 0 fully saturated rings. The maximum absolute atomic E-state index is 5.89. The molecule has 0 saturated heterocycles. The summed E-state index contributed by atoms with van der Waals surface area (Å²) >= 11 is 1.61. The Bertz CT molecular complexity index is 1070. The molecule has 28 heavy (non-hydrogen) atoms. The number of aryl methyl sites for hydroxylation is 1. The van der Waals surface area contributed by atoms with Crippen molar-refractivity contribution in [1.82, 2.24) is 24.1 Å². The average molecular weight is 392 g/mol. The molecule has 0 amide bonds. The van der Waals surface area contributed by atoms with Gasteiger partial charge in [-0.3, -0.25) is 4.57 Å². The lowest BCUT2D eigenvalue weighted by Crippen LogP contribution is -2.07. The van der Waals surface area contributed by atoms with Crippen LogP contribution < -0.4 is 4.74 Å². The molecule has 6 nitrogen and oxygen atoms in total. The van der Waals surface area contributed by atoms with Crippen LogP contribution in [0.4, 0.5) is 0 Å². The van der Waals surface area contributed by atoms with Gasteiger partial charge < -0.3 is 9.14 Å². The molecule has 0 aliphatic carbocycles. The summed E-state index contributed by atoms with van der Waals surface area (Å²) in [7, 11) is 0. The number of imidazole rings is 1. The zero-order valence-electron chi connectivity index (χ0n) is 15.7. The van der Waals surface area contributed by atoms with Crippen molar-refractivity contribution in [3.8, 4) is 5.75 Å². The van der Waals surface area contributed by atoms with Gasteiger partial charge in [0.25, 0.3) is 0 Å². The Kier molecular flexibility index (Phi) is 5.43. The van der Waals surface area contributed by atoms with E-state index in [9.17, 15) is 0 Å². The molecule has 7 heteroatoms. The summed E-state index contributed by atoms with van der Waals surface area (Å²) in [5.41, 5.74) is 3.11. The van der Waals surface area contributed by atoms with Crippen molar-refractivity contribution in [3.05, 3.63) is 84.6 Å². The van der Waals surface area contributed by atoms with Crippen molar-refractivity contribution in [2.75, 3.05) is 0 Å². The fourth-order valence-electron chi connectivity index (χ4n) is 2.89. The third kappa shape index (κ3) is 4.09. The summed E-state index contributed by atoms with van der Waals surface area (Å²) in [6.07, 6.45) is 5.88. The number of aromatic nitrogens is 5. The second-order valence-electron chi connectivity index (χ2n) is 6.39. The van der Waals surface area contributed by atoms with Gasteiger partial charge in [0.2, 0.25) is 0 Å². The number of hydrogen-bond acceptors (Lipinski definition) is 5. The summed E-state index contributed by atoms with van der Waals surface area (Å²) in [5, 5.41) is 9.50. The van der Waals surface area contributed by atoms with Crippen LogP contribution in [0.25, 0.3) is 5.65 Å². The molecule has 0 radical (unpaired) electrons. The van der Waals surface area contributed by atoms with Crippen molar-refractivity contribution < 1.29 is 4.74 Å². The first-order valence-corrected chi connectivity index (χ1v) is 9.99. The minimum absolute atomic E-state index is 0.360. The van der Waals surface area contributed by atoms with Gasteiger partial charge >= 0.3 is 0 Å². The minimum atomic E-state index is 0.360. The van der Waals surface area contributed by atoms with Gasteiger partial charge in [-0.05, 0) is 36.8 Å². The summed E-state index contributed by atoms with van der Waals surface area (Å²) in [4.78, 5) is 4.63. The van der Waals surface area contributed by atoms with Gasteiger partial charge in [-0.2, -0.15) is 0 Å². The lowest BCUT2D eigenvalue weighted by atomic mass is 10.2. The zero-order chi connectivity index (χ0) is 19.3. The molecule has 0 bridgehead atoms. The summed E-state index contributed by atoms with van der Waals surface area (Å²) in [5.74, 6) is 2.32. The van der Waals surface area contributed by atoms with E-state index in [1.165, 1.54) is 0 Å². The number of rotatable bonds is 8. The van der Waals surface area contributed by atoms with Crippen molar-refractivity contribution in [3.63, 3.8) is 0 Å². The molecule has 3 aromatic heterocycles. The Morgan fingerprint density at radius 1 is 1.18 bits per heavy atom. The highest BCUT2D eigenvalue weighted by atomic mass is 32.2. The highest BCUT2D eigenvalue weighted by Crippen LogP contribution is 2.23. The van der Waals surface area contributed by atoms with E-state index in [2.05, 4.69) is 21.8 Å². The fraction of sp³-hybridized carbons (Fsp3) is 0.190. The van der Waals surface area contributed by atoms with Crippen LogP contribution in [-0.2, 0) is 18.9 Å². The molecule has 0 atom stereocenters. The molecule has 1 aromatic carbocycles. The molecule has 3 heterocycles. The predicted octanol–water partition coefficient (Wildman–Crippen LogP) is 4.29. The normalized spacial score (nSPS) is 11.0. The number of hydrogen-bond donors (Lipinski definition) is 0. The van der Waals surface area contributed by atoms with Crippen LogP contribution in [0.5, 0.6) is 5.75 Å². The number of thioether (sulfide) groups is 1. The largest absolute Gasteiger partial charge is 0.486 e. The monoisotopic (exact) mass is 391 g/mol. The Balaban J connectivity index is 1.46. The highest BCUT2D eigenvalue weighted by molar-refractivity contribution is 7.98. The summed E-state index contributed by atoms with van der Waals surface area (Å²) in [6.45, 7) is 6.89. The van der Waals surface area contributed by atoms with E-state index >= 15 is 0 Å². The molecule has 0 spiro atoms. The standard InChI is InChI=1S/C21H21N5OS/c1-3-10-26-20(14-27-18-8-6-7-16(2)12-18)23-24-21(26)28-15-17-13-25-11-5-4-9-19(25)22-17/h3-9,11-13H,1,10,14-15H2,2H3. The van der Waals surface area contributed by atoms with Crippen LogP contribution in [0.1, 0.15) is 17.1 Å². The van der Waals surface area contributed by atoms with Gasteiger partial charge in [0.05, 0.1) is 5.69 Å². The first-order chi connectivity index (χ1) is 13.7. The van der Waals surface area contributed by atoms with Gasteiger partial charge in [0, 0.05) is 24.7 Å². The van der Waals surface area contributed by atoms with E-state index in [1.54, 1.807) is 11.8 Å². The number of nitrogens with zero attached hydrogens (tertiary/aromatic N) is 5. The molecule has 4 rings (SSSR count). The quantitative estimate of drug-likeness (QED) is 0.331. The summed E-state index contributed by atoms with van der Waals surface area (Å²) < 4.78 is 9.94. The molecule has 4 aromatic rings. The van der Waals surface area contributed by atoms with Gasteiger partial charge in [0.15, 0.2) is 11.0 Å². The average Bonchev–Trinajstić information content (AvgIpc) is 3.28. The van der Waals surface area contributed by atoms with E-state index in [0.717, 1.165) is 39.4 Å². The van der Waals surface area contributed by atoms with Gasteiger partial charge in [-0.25, -0.2) is 4.98 Å². The number of fused-ring (bicyclic) bond motifs is 1. The van der Waals surface area contributed by atoms with Crippen LogP contribution in [0.3, 0.4) is 0 Å². The van der Waals surface area contributed by atoms with Crippen molar-refractivity contribution in [1.29, 1.82) is 0 Å². The molecule has 0 aliphatic rings. The van der Waals surface area contributed by atoms with Crippen LogP contribution in [0.2, 0.25) is 0 Å². The van der Waals surface area contributed by atoms with Crippen LogP contribution in [-0.4, -0.2) is 24.1 Å². The molecular weight excluding hydrogens is 370 g/mol. The number of benzene rings is 1. The minimum Gasteiger partial charge on any atom is -0.486 e. The van der Waals surface area contributed by atoms with Crippen LogP contribution in [0.15, 0.2) is 72.7 Å². The van der Waals surface area contributed by atoms with E-state index in [0.29, 0.717) is 13.2 Å². The Morgan fingerprint density at radius 3 is 2.93 bits per heavy atom. The molecule has 0 unspecified atom stereocenters. The number of allylic oxidation sites excluding steroid dienone is 1. The third-order valence-electron chi connectivity index (χ3n) is 4.23. The van der Waals surface area contributed by atoms with E-state index in [4.69, 9.17) is 4.74 Å². The van der Waals surface area contributed by atoms with Crippen molar-refractivity contribution >= 4 is 17.4 Å². The Hall–Kier alpha value is -3.06. The molecule has 0 saturated carbocycles. The molecule has 0 N–H and O–H groups in total. The Morgan fingerprint density at radius 2 is 2.11 bits per heavy atom. The smallest absolute Gasteiger partial charge is 0.191 e. The van der Waals surface area contributed by atoms with Crippen molar-refractivity contribution in [2.24, 2.45) is 0 Å². The van der Waals surface area contributed by atoms with Crippen molar-refractivity contribution in [2.45, 2.75) is 31.0 Å². The molecule has 142 valence electrons. The predicted molar refractivity (Wildman–Crippen MR) is 110 cm³/mol. The molecular formula is C21H21N5OS.